The molecule has 124 valence electrons. The minimum Gasteiger partial charge on any atom is -0.460 e. The number of nitrogens with zero attached hydrogens (tertiary/aromatic N) is 3. The molecule has 2 aliphatic heterocycles. The van der Waals surface area contributed by atoms with E-state index in [0.717, 1.165) is 15.5 Å². The Morgan fingerprint density at radius 3 is 2.50 bits per heavy atom. The van der Waals surface area contributed by atoms with E-state index in [1.165, 1.54) is 7.05 Å². The second-order valence-corrected chi connectivity index (χ2v) is 5.83. The van der Waals surface area contributed by atoms with Crippen molar-refractivity contribution in [3.63, 3.8) is 0 Å². The van der Waals surface area contributed by atoms with Crippen LogP contribution in [0.25, 0.3) is 0 Å². The number of imide groups is 1. The van der Waals surface area contributed by atoms with Gasteiger partial charge < -0.3 is 4.74 Å². The van der Waals surface area contributed by atoms with Crippen LogP contribution in [0.3, 0.4) is 0 Å². The molecule has 0 aliphatic carbocycles. The molecule has 2 heterocycles. The second-order valence-electron chi connectivity index (χ2n) is 5.83. The lowest BCUT2D eigenvalue weighted by Gasteiger charge is -2.22. The second kappa shape index (κ2) is 5.92. The smallest absolute Gasteiger partial charge is 0.352 e. The molecule has 1 aromatic carbocycles. The fourth-order valence-corrected chi connectivity index (χ4v) is 2.58. The van der Waals surface area contributed by atoms with Gasteiger partial charge in [0.2, 0.25) is 0 Å². The van der Waals surface area contributed by atoms with Gasteiger partial charge in [0.15, 0.2) is 0 Å². The molecule has 0 saturated carbocycles. The number of esters is 1. The zero-order chi connectivity index (χ0) is 17.4. The van der Waals surface area contributed by atoms with Crippen LogP contribution in [0, 0.1) is 0 Å². The van der Waals surface area contributed by atoms with Crippen molar-refractivity contribution in [3.05, 3.63) is 47.2 Å². The van der Waals surface area contributed by atoms with E-state index >= 15 is 0 Å². The Bertz CT molecular complexity index is 780. The van der Waals surface area contributed by atoms with Gasteiger partial charge in [0.25, 0.3) is 5.91 Å². The number of rotatable bonds is 3. The third-order valence-electron chi connectivity index (χ3n) is 3.73. The van der Waals surface area contributed by atoms with E-state index in [2.05, 4.69) is 5.10 Å². The summed E-state index contributed by atoms with van der Waals surface area (Å²) in [4.78, 5) is 38.0. The molecule has 0 bridgehead atoms. The summed E-state index contributed by atoms with van der Waals surface area (Å²) in [6, 6.07) is 8.62. The molecule has 0 radical (unpaired) electrons. The number of benzene rings is 1. The van der Waals surface area contributed by atoms with Crippen molar-refractivity contribution in [1.82, 2.24) is 9.91 Å². The molecular formula is C17H17N3O4. The van der Waals surface area contributed by atoms with Crippen molar-refractivity contribution in [2.24, 2.45) is 5.10 Å². The number of likely N-dealkylation sites (N-methyl/N-ethyl adjacent to an activating group) is 1. The topological polar surface area (TPSA) is 79.3 Å². The van der Waals surface area contributed by atoms with Crippen molar-refractivity contribution in [3.8, 4) is 0 Å². The van der Waals surface area contributed by atoms with Gasteiger partial charge in [-0.2, -0.15) is 10.1 Å². The number of ether oxygens (including phenoxy) is 1. The summed E-state index contributed by atoms with van der Waals surface area (Å²) in [6.07, 6.45) is -0.197. The summed E-state index contributed by atoms with van der Waals surface area (Å²) in [6.45, 7) is 3.45. The van der Waals surface area contributed by atoms with E-state index in [4.69, 9.17) is 4.74 Å². The zero-order valence-electron chi connectivity index (χ0n) is 13.6. The normalized spacial score (nSPS) is 17.4. The first-order valence-electron chi connectivity index (χ1n) is 7.59. The Morgan fingerprint density at radius 2 is 1.88 bits per heavy atom. The lowest BCUT2D eigenvalue weighted by Crippen LogP contribution is -2.30. The molecule has 1 saturated heterocycles. The van der Waals surface area contributed by atoms with Crippen LogP contribution in [-0.2, 0) is 14.3 Å². The molecule has 0 N–H and O–H groups in total. The van der Waals surface area contributed by atoms with Crippen molar-refractivity contribution >= 4 is 23.6 Å². The Hall–Kier alpha value is -2.96. The van der Waals surface area contributed by atoms with Crippen LogP contribution in [0.4, 0.5) is 4.79 Å². The van der Waals surface area contributed by atoms with Gasteiger partial charge in [-0.1, -0.05) is 30.3 Å². The number of fused-ring (bicyclic) bond motifs is 1. The highest BCUT2D eigenvalue weighted by molar-refractivity contribution is 6.19. The van der Waals surface area contributed by atoms with Gasteiger partial charge in [-0.15, -0.1) is 0 Å². The molecule has 7 heteroatoms. The summed E-state index contributed by atoms with van der Waals surface area (Å²) in [5.74, 6) is -1.16. The average Bonchev–Trinajstić information content (AvgIpc) is 2.79. The predicted octanol–water partition coefficient (Wildman–Crippen LogP) is 1.89. The lowest BCUT2D eigenvalue weighted by molar-refractivity contribution is -0.143. The van der Waals surface area contributed by atoms with Crippen LogP contribution < -0.4 is 0 Å². The van der Waals surface area contributed by atoms with Gasteiger partial charge >= 0.3 is 12.0 Å². The predicted molar refractivity (Wildman–Crippen MR) is 85.9 cm³/mol. The van der Waals surface area contributed by atoms with Crippen molar-refractivity contribution < 1.29 is 19.1 Å². The number of amides is 3. The first kappa shape index (κ1) is 15.9. The van der Waals surface area contributed by atoms with Crippen LogP contribution >= 0.6 is 0 Å². The summed E-state index contributed by atoms with van der Waals surface area (Å²) in [5.41, 5.74) is 1.45. The highest BCUT2D eigenvalue weighted by atomic mass is 16.5. The van der Waals surface area contributed by atoms with Crippen molar-refractivity contribution in [1.29, 1.82) is 0 Å². The van der Waals surface area contributed by atoms with Gasteiger partial charge in [-0.3, -0.25) is 9.69 Å². The van der Waals surface area contributed by atoms with Gasteiger partial charge in [-0.25, -0.2) is 9.59 Å². The van der Waals surface area contributed by atoms with E-state index in [1.54, 1.807) is 13.8 Å². The van der Waals surface area contributed by atoms with Gasteiger partial charge in [-0.05, 0) is 19.4 Å². The minimum absolute atomic E-state index is 0.0205. The Kier molecular flexibility index (Phi) is 3.92. The van der Waals surface area contributed by atoms with Crippen LogP contribution in [0.1, 0.15) is 25.8 Å². The zero-order valence-corrected chi connectivity index (χ0v) is 13.6. The fraction of sp³-hybridized carbons (Fsp3) is 0.294. The van der Waals surface area contributed by atoms with E-state index in [1.807, 2.05) is 30.3 Å². The molecule has 0 unspecified atom stereocenters. The number of hydrogen-bond acceptors (Lipinski definition) is 5. The molecule has 0 aromatic heterocycles. The maximum absolute atomic E-state index is 12.4. The van der Waals surface area contributed by atoms with Gasteiger partial charge in [0, 0.05) is 13.5 Å². The molecule has 0 spiro atoms. The molecule has 24 heavy (non-hydrogen) atoms. The number of hydrazone groups is 1. The Balaban J connectivity index is 2.07. The van der Waals surface area contributed by atoms with Gasteiger partial charge in [0.1, 0.15) is 5.70 Å². The number of carbonyl (C=O) groups excluding carboxylic acids is 3. The molecule has 3 rings (SSSR count). The number of hydrogen-bond donors (Lipinski definition) is 0. The molecule has 2 aliphatic rings. The van der Waals surface area contributed by atoms with E-state index in [9.17, 15) is 14.4 Å². The minimum atomic E-state index is -0.607. The van der Waals surface area contributed by atoms with E-state index in [0.29, 0.717) is 5.71 Å². The number of carbonyl (C=O) groups is 3. The summed E-state index contributed by atoms with van der Waals surface area (Å²) < 4.78 is 5.24. The van der Waals surface area contributed by atoms with Gasteiger partial charge in [0.05, 0.1) is 17.4 Å². The van der Waals surface area contributed by atoms with Crippen LogP contribution in [0.5, 0.6) is 0 Å². The highest BCUT2D eigenvalue weighted by Crippen LogP contribution is 2.31. The summed E-state index contributed by atoms with van der Waals surface area (Å²) >= 11 is 0. The SMILES string of the molecule is CC(C)OC(=O)C1=C2C(=O)N(C)C(=O)N2N=C(c2ccccc2)C1. The maximum atomic E-state index is 12.4. The van der Waals surface area contributed by atoms with E-state index in [-0.39, 0.29) is 23.8 Å². The molecule has 0 atom stereocenters. The monoisotopic (exact) mass is 327 g/mol. The first-order chi connectivity index (χ1) is 11.4. The standard InChI is InChI=1S/C17H17N3O4/c1-10(2)24-16(22)12-9-13(11-7-5-4-6-8-11)18-20-14(12)15(21)19(3)17(20)23/h4-8,10H,9H2,1-3H3. The quantitative estimate of drug-likeness (QED) is 0.627. The molecule has 7 nitrogen and oxygen atoms in total. The van der Waals surface area contributed by atoms with Crippen molar-refractivity contribution in [2.75, 3.05) is 7.05 Å². The van der Waals surface area contributed by atoms with Crippen molar-refractivity contribution in [2.45, 2.75) is 26.4 Å². The Labute approximate surface area is 139 Å². The maximum Gasteiger partial charge on any atom is 0.352 e. The molecular weight excluding hydrogens is 310 g/mol. The average molecular weight is 327 g/mol. The lowest BCUT2D eigenvalue weighted by atomic mass is 9.99. The number of urea groups is 1. The first-order valence-corrected chi connectivity index (χ1v) is 7.59. The molecule has 3 amide bonds. The third-order valence-corrected chi connectivity index (χ3v) is 3.73. The van der Waals surface area contributed by atoms with Crippen LogP contribution in [0.2, 0.25) is 0 Å². The molecule has 1 aromatic rings. The summed E-state index contributed by atoms with van der Waals surface area (Å²) in [7, 11) is 1.36. The third kappa shape index (κ3) is 2.58. The fourth-order valence-electron chi connectivity index (χ4n) is 2.58. The summed E-state index contributed by atoms with van der Waals surface area (Å²) in [5, 5.41) is 5.27. The van der Waals surface area contributed by atoms with Crippen LogP contribution in [-0.4, -0.2) is 46.7 Å². The largest absolute Gasteiger partial charge is 0.460 e. The van der Waals surface area contributed by atoms with E-state index < -0.39 is 17.9 Å². The highest BCUT2D eigenvalue weighted by Gasteiger charge is 2.45. The van der Waals surface area contributed by atoms with Crippen LogP contribution in [0.15, 0.2) is 46.7 Å². The molecule has 1 fully saturated rings. The Morgan fingerprint density at radius 1 is 1.21 bits per heavy atom.